The second-order valence-electron chi connectivity index (χ2n) is 3.21. The Hall–Kier alpha value is -0.620. The van der Waals surface area contributed by atoms with Crippen molar-refractivity contribution in [1.82, 2.24) is 4.98 Å². The highest BCUT2D eigenvalue weighted by atomic mass is 79.9. The van der Waals surface area contributed by atoms with Crippen LogP contribution in [-0.4, -0.2) is 18.7 Å². The van der Waals surface area contributed by atoms with Gasteiger partial charge in [0.1, 0.15) is 5.82 Å². The third-order valence-electron chi connectivity index (χ3n) is 1.93. The van der Waals surface area contributed by atoms with Gasteiger partial charge in [0, 0.05) is 10.7 Å². The Labute approximate surface area is 90.9 Å². The van der Waals surface area contributed by atoms with E-state index in [2.05, 4.69) is 25.6 Å². The van der Waals surface area contributed by atoms with E-state index in [4.69, 9.17) is 0 Å². The smallest absolute Gasteiger partial charge is 0.236 e. The summed E-state index contributed by atoms with van der Waals surface area (Å²) in [7, 11) is -3.19. The van der Waals surface area contributed by atoms with Gasteiger partial charge in [0.15, 0.2) is 0 Å². The molecule has 0 amide bonds. The lowest BCUT2D eigenvalue weighted by molar-refractivity contribution is 0.600. The summed E-state index contributed by atoms with van der Waals surface area (Å²) >= 11 is 3.25. The highest BCUT2D eigenvalue weighted by Gasteiger charge is 2.35. The number of nitrogens with one attached hydrogen (secondary N) is 1. The Kier molecular flexibility index (Phi) is 2.48. The molecule has 0 aromatic carbocycles. The van der Waals surface area contributed by atoms with Crippen molar-refractivity contribution in [2.45, 2.75) is 18.1 Å². The molecule has 1 aromatic heterocycles. The highest BCUT2D eigenvalue weighted by Crippen LogP contribution is 2.29. The van der Waals surface area contributed by atoms with Crippen molar-refractivity contribution in [3.8, 4) is 0 Å². The summed E-state index contributed by atoms with van der Waals surface area (Å²) in [5.41, 5.74) is 0. The lowest BCUT2D eigenvalue weighted by Crippen LogP contribution is -2.17. The SMILES string of the molecule is O=S(=O)(Nc1cc(Br)ccn1)C1CC1. The van der Waals surface area contributed by atoms with Crippen LogP contribution in [0.1, 0.15) is 12.8 Å². The Balaban J connectivity index is 2.18. The topological polar surface area (TPSA) is 59.1 Å². The maximum Gasteiger partial charge on any atom is 0.236 e. The van der Waals surface area contributed by atoms with Gasteiger partial charge in [0.05, 0.1) is 5.25 Å². The Bertz CT molecular complexity index is 442. The van der Waals surface area contributed by atoms with E-state index in [1.165, 1.54) is 0 Å². The molecule has 76 valence electrons. The summed E-state index contributed by atoms with van der Waals surface area (Å²) in [5.74, 6) is 0.367. The molecular formula is C8H9BrN2O2S. The molecule has 2 rings (SSSR count). The number of anilines is 1. The fraction of sp³-hybridized carbons (Fsp3) is 0.375. The summed E-state index contributed by atoms with van der Waals surface area (Å²) in [4.78, 5) is 3.91. The zero-order chi connectivity index (χ0) is 10.2. The van der Waals surface area contributed by atoms with Crippen LogP contribution in [0.25, 0.3) is 0 Å². The van der Waals surface area contributed by atoms with Gasteiger partial charge in [0.25, 0.3) is 0 Å². The quantitative estimate of drug-likeness (QED) is 0.915. The van der Waals surface area contributed by atoms with Crippen LogP contribution in [0, 0.1) is 0 Å². The van der Waals surface area contributed by atoms with Crippen molar-refractivity contribution >= 4 is 31.8 Å². The van der Waals surface area contributed by atoms with Gasteiger partial charge in [-0.2, -0.15) is 0 Å². The van der Waals surface area contributed by atoms with Crippen LogP contribution in [0.15, 0.2) is 22.8 Å². The molecule has 0 atom stereocenters. The number of nitrogens with zero attached hydrogens (tertiary/aromatic N) is 1. The van der Waals surface area contributed by atoms with E-state index >= 15 is 0 Å². The van der Waals surface area contributed by atoms with E-state index in [1.54, 1.807) is 18.3 Å². The number of pyridine rings is 1. The fourth-order valence-corrected chi connectivity index (χ4v) is 2.73. The number of hydrogen-bond donors (Lipinski definition) is 1. The number of aromatic nitrogens is 1. The van der Waals surface area contributed by atoms with Crippen molar-refractivity contribution in [1.29, 1.82) is 0 Å². The van der Waals surface area contributed by atoms with Gasteiger partial charge < -0.3 is 0 Å². The first kappa shape index (κ1) is 9.92. The van der Waals surface area contributed by atoms with Crippen LogP contribution in [0.3, 0.4) is 0 Å². The predicted octanol–water partition coefficient (Wildman–Crippen LogP) is 1.75. The minimum atomic E-state index is -3.19. The summed E-state index contributed by atoms with van der Waals surface area (Å²) in [6.45, 7) is 0. The minimum absolute atomic E-state index is 0.219. The molecule has 1 aromatic rings. The Morgan fingerprint density at radius 2 is 2.21 bits per heavy atom. The third-order valence-corrected chi connectivity index (χ3v) is 4.27. The van der Waals surface area contributed by atoms with Crippen LogP contribution in [0.5, 0.6) is 0 Å². The van der Waals surface area contributed by atoms with Crippen molar-refractivity contribution in [3.05, 3.63) is 22.8 Å². The van der Waals surface area contributed by atoms with Gasteiger partial charge in [-0.25, -0.2) is 13.4 Å². The molecule has 6 heteroatoms. The second-order valence-corrected chi connectivity index (χ2v) is 6.08. The molecule has 0 spiro atoms. The predicted molar refractivity (Wildman–Crippen MR) is 57.5 cm³/mol. The Morgan fingerprint density at radius 3 is 2.79 bits per heavy atom. The van der Waals surface area contributed by atoms with Crippen molar-refractivity contribution in [3.63, 3.8) is 0 Å². The average Bonchev–Trinajstić information content (AvgIpc) is 2.84. The van der Waals surface area contributed by atoms with E-state index in [0.717, 1.165) is 17.3 Å². The first-order valence-corrected chi connectivity index (χ1v) is 6.55. The van der Waals surface area contributed by atoms with Crippen LogP contribution in [-0.2, 0) is 10.0 Å². The van der Waals surface area contributed by atoms with Gasteiger partial charge in [-0.1, -0.05) is 15.9 Å². The highest BCUT2D eigenvalue weighted by molar-refractivity contribution is 9.10. The van der Waals surface area contributed by atoms with Crippen molar-refractivity contribution in [2.24, 2.45) is 0 Å². The monoisotopic (exact) mass is 276 g/mol. The molecule has 1 heterocycles. The lowest BCUT2D eigenvalue weighted by Gasteiger charge is -2.05. The standard InChI is InChI=1S/C8H9BrN2O2S/c9-6-3-4-10-8(5-6)11-14(12,13)7-1-2-7/h3-5,7H,1-2H2,(H,10,11). The molecule has 1 aliphatic carbocycles. The molecule has 1 N–H and O–H groups in total. The second kappa shape index (κ2) is 3.51. The van der Waals surface area contributed by atoms with Crippen LogP contribution >= 0.6 is 15.9 Å². The molecule has 0 radical (unpaired) electrons. The third kappa shape index (κ3) is 2.24. The molecule has 1 aliphatic rings. The van der Waals surface area contributed by atoms with Crippen LogP contribution in [0.4, 0.5) is 5.82 Å². The Morgan fingerprint density at radius 1 is 1.50 bits per heavy atom. The van der Waals surface area contributed by atoms with E-state index in [-0.39, 0.29) is 5.25 Å². The first-order valence-electron chi connectivity index (χ1n) is 4.21. The summed E-state index contributed by atoms with van der Waals surface area (Å²) in [6, 6.07) is 3.38. The maximum absolute atomic E-state index is 11.5. The summed E-state index contributed by atoms with van der Waals surface area (Å²) in [5, 5.41) is -0.219. The molecule has 0 unspecified atom stereocenters. The molecule has 0 bridgehead atoms. The molecule has 0 saturated heterocycles. The van der Waals surface area contributed by atoms with E-state index in [0.29, 0.717) is 5.82 Å². The van der Waals surface area contributed by atoms with Gasteiger partial charge >= 0.3 is 0 Å². The molecular weight excluding hydrogens is 268 g/mol. The lowest BCUT2D eigenvalue weighted by atomic mass is 10.5. The zero-order valence-electron chi connectivity index (χ0n) is 7.27. The molecule has 1 fully saturated rings. The minimum Gasteiger partial charge on any atom is -0.267 e. The number of sulfonamides is 1. The number of rotatable bonds is 3. The summed E-state index contributed by atoms with van der Waals surface area (Å²) in [6.07, 6.45) is 3.06. The number of hydrogen-bond acceptors (Lipinski definition) is 3. The first-order chi connectivity index (χ1) is 6.58. The summed E-state index contributed by atoms with van der Waals surface area (Å²) < 4.78 is 26.3. The normalized spacial score (nSPS) is 16.6. The fourth-order valence-electron chi connectivity index (χ4n) is 1.07. The van der Waals surface area contributed by atoms with Gasteiger partial charge in [-0.3, -0.25) is 4.72 Å². The van der Waals surface area contributed by atoms with Gasteiger partial charge in [-0.05, 0) is 25.0 Å². The van der Waals surface area contributed by atoms with Gasteiger partial charge in [0.2, 0.25) is 10.0 Å². The molecule has 1 saturated carbocycles. The largest absolute Gasteiger partial charge is 0.267 e. The molecule has 14 heavy (non-hydrogen) atoms. The van der Waals surface area contributed by atoms with Crippen molar-refractivity contribution < 1.29 is 8.42 Å². The van der Waals surface area contributed by atoms with E-state index < -0.39 is 10.0 Å². The molecule has 0 aliphatic heterocycles. The van der Waals surface area contributed by atoms with Gasteiger partial charge in [-0.15, -0.1) is 0 Å². The van der Waals surface area contributed by atoms with E-state index in [1.807, 2.05) is 0 Å². The van der Waals surface area contributed by atoms with E-state index in [9.17, 15) is 8.42 Å². The maximum atomic E-state index is 11.5. The van der Waals surface area contributed by atoms with Crippen molar-refractivity contribution in [2.75, 3.05) is 4.72 Å². The average molecular weight is 277 g/mol. The van der Waals surface area contributed by atoms with Crippen LogP contribution in [0.2, 0.25) is 0 Å². The molecule has 4 nitrogen and oxygen atoms in total. The van der Waals surface area contributed by atoms with Crippen LogP contribution < -0.4 is 4.72 Å². The number of halogens is 1. The zero-order valence-corrected chi connectivity index (χ0v) is 9.68.